The van der Waals surface area contributed by atoms with Crippen LogP contribution in [0.15, 0.2) is 59.6 Å². The third kappa shape index (κ3) is 9.63. The number of aliphatic imine (C=N–C) groups is 1. The summed E-state index contributed by atoms with van der Waals surface area (Å²) in [5, 5.41) is 14.9. The molecule has 2 rings (SSSR count). The van der Waals surface area contributed by atoms with Gasteiger partial charge in [0.1, 0.15) is 17.8 Å². The van der Waals surface area contributed by atoms with Gasteiger partial charge in [-0.15, -0.1) is 0 Å². The summed E-state index contributed by atoms with van der Waals surface area (Å²) in [6, 6.07) is 12.8. The second kappa shape index (κ2) is 14.3. The van der Waals surface area contributed by atoms with Crippen molar-refractivity contribution in [3.05, 3.63) is 65.7 Å². The van der Waals surface area contributed by atoms with Crippen LogP contribution in [0.25, 0.3) is 0 Å². The fourth-order valence-electron chi connectivity index (χ4n) is 3.46. The number of carbonyl (C=O) groups excluding carboxylic acids is 2. The summed E-state index contributed by atoms with van der Waals surface area (Å²) >= 11 is 0. The third-order valence-corrected chi connectivity index (χ3v) is 5.43. The summed E-state index contributed by atoms with van der Waals surface area (Å²) in [6.07, 6.45) is 0.987. The van der Waals surface area contributed by atoms with E-state index in [9.17, 15) is 19.5 Å². The van der Waals surface area contributed by atoms with Gasteiger partial charge < -0.3 is 37.7 Å². The average molecular weight is 499 g/mol. The first-order valence-corrected chi connectivity index (χ1v) is 11.5. The molecule has 0 aliphatic rings. The molecule has 0 saturated heterocycles. The Morgan fingerprint density at radius 1 is 0.917 bits per heavy atom. The van der Waals surface area contributed by atoms with E-state index in [4.69, 9.17) is 21.9 Å². The lowest BCUT2D eigenvalue weighted by molar-refractivity contribution is -0.142. The van der Waals surface area contributed by atoms with Crippen LogP contribution >= 0.6 is 0 Å². The fourth-order valence-corrected chi connectivity index (χ4v) is 3.46. The zero-order valence-electron chi connectivity index (χ0n) is 20.2. The minimum Gasteiger partial charge on any atom is -0.497 e. The summed E-state index contributed by atoms with van der Waals surface area (Å²) in [5.74, 6) is -1.76. The molecule has 1 unspecified atom stereocenters. The van der Waals surface area contributed by atoms with Crippen molar-refractivity contribution in [1.82, 2.24) is 10.6 Å². The Morgan fingerprint density at radius 2 is 1.50 bits per heavy atom. The number of nitrogens with one attached hydrogen (secondary N) is 2. The second-order valence-corrected chi connectivity index (χ2v) is 8.26. The van der Waals surface area contributed by atoms with Crippen molar-refractivity contribution in [3.63, 3.8) is 0 Å². The van der Waals surface area contributed by atoms with Crippen molar-refractivity contribution < 1.29 is 24.2 Å². The van der Waals surface area contributed by atoms with Gasteiger partial charge in [-0.05, 0) is 36.1 Å². The van der Waals surface area contributed by atoms with Gasteiger partial charge in [0.2, 0.25) is 11.8 Å². The highest BCUT2D eigenvalue weighted by molar-refractivity contribution is 5.92. The predicted molar refractivity (Wildman–Crippen MR) is 136 cm³/mol. The summed E-state index contributed by atoms with van der Waals surface area (Å²) in [7, 11) is 1.54. The molecule has 0 aliphatic heterocycles. The number of carboxylic acid groups (broad SMARTS) is 1. The molecule has 9 N–H and O–H groups in total. The fraction of sp³-hybridized carbons (Fsp3) is 0.360. The number of methoxy groups -OCH3 is 1. The number of aliphatic carboxylic acids is 1. The highest BCUT2D eigenvalue weighted by atomic mass is 16.5. The number of benzene rings is 2. The van der Waals surface area contributed by atoms with E-state index in [1.165, 1.54) is 0 Å². The van der Waals surface area contributed by atoms with Gasteiger partial charge in [-0.25, -0.2) is 4.79 Å². The Bertz CT molecular complexity index is 1020. The standard InChI is InChI=1S/C25H34N6O5/c1-36-18-11-9-17(10-12-18)14-20(30-22(32)19(26)8-5-13-29-25(27)28)23(33)31-21(24(34)35)15-16-6-3-2-4-7-16/h2-4,6-7,9-12,19-21H,5,8,13-15,26H2,1H3,(H,30,32)(H,31,33)(H,34,35)(H4,27,28,29)/t19?,20-,21-/m0/s1. The molecule has 194 valence electrons. The quantitative estimate of drug-likeness (QED) is 0.118. The first-order valence-electron chi connectivity index (χ1n) is 11.5. The molecule has 0 aromatic heterocycles. The molecule has 11 nitrogen and oxygen atoms in total. The number of carbonyl (C=O) groups is 3. The molecule has 0 fully saturated rings. The van der Waals surface area contributed by atoms with Crippen LogP contribution in [0.1, 0.15) is 24.0 Å². The first kappa shape index (κ1) is 28.1. The summed E-state index contributed by atoms with van der Waals surface area (Å²) in [5.41, 5.74) is 18.1. The maximum absolute atomic E-state index is 13.2. The van der Waals surface area contributed by atoms with E-state index in [1.54, 1.807) is 55.6 Å². The normalized spacial score (nSPS) is 13.1. The molecule has 2 aromatic carbocycles. The van der Waals surface area contributed by atoms with Crippen LogP contribution in [-0.4, -0.2) is 60.6 Å². The Kier molecular flexibility index (Phi) is 11.2. The van der Waals surface area contributed by atoms with Crippen LogP contribution in [0.4, 0.5) is 0 Å². The van der Waals surface area contributed by atoms with Gasteiger partial charge in [0.15, 0.2) is 5.96 Å². The highest BCUT2D eigenvalue weighted by Crippen LogP contribution is 2.13. The van der Waals surface area contributed by atoms with Crippen LogP contribution < -0.4 is 32.6 Å². The Labute approximate surface area is 210 Å². The predicted octanol–water partition coefficient (Wildman–Crippen LogP) is -0.0845. The number of hydrogen-bond acceptors (Lipinski definition) is 6. The van der Waals surface area contributed by atoms with Crippen LogP contribution in [0, 0.1) is 0 Å². The van der Waals surface area contributed by atoms with Crippen molar-refractivity contribution in [2.75, 3.05) is 13.7 Å². The molecule has 36 heavy (non-hydrogen) atoms. The van der Waals surface area contributed by atoms with Crippen molar-refractivity contribution in [2.45, 2.75) is 43.8 Å². The molecule has 3 atom stereocenters. The summed E-state index contributed by atoms with van der Waals surface area (Å²) < 4.78 is 5.16. The Balaban J connectivity index is 2.13. The van der Waals surface area contributed by atoms with Gasteiger partial charge >= 0.3 is 5.97 Å². The topological polar surface area (TPSA) is 195 Å². The van der Waals surface area contributed by atoms with Crippen molar-refractivity contribution in [2.24, 2.45) is 22.2 Å². The van der Waals surface area contributed by atoms with E-state index in [0.717, 1.165) is 11.1 Å². The first-order chi connectivity index (χ1) is 17.2. The minimum atomic E-state index is -1.18. The molecular weight excluding hydrogens is 464 g/mol. The van der Waals surface area contributed by atoms with Gasteiger partial charge in [-0.3, -0.25) is 14.6 Å². The molecule has 11 heteroatoms. The van der Waals surface area contributed by atoms with Crippen LogP contribution in [-0.2, 0) is 27.2 Å². The molecule has 0 spiro atoms. The number of guanidine groups is 1. The van der Waals surface area contributed by atoms with E-state index in [2.05, 4.69) is 15.6 Å². The van der Waals surface area contributed by atoms with Crippen LogP contribution in [0.5, 0.6) is 5.75 Å². The number of hydrogen-bond donors (Lipinski definition) is 6. The molecule has 0 bridgehead atoms. The van der Waals surface area contributed by atoms with E-state index < -0.39 is 35.9 Å². The van der Waals surface area contributed by atoms with Crippen LogP contribution in [0.2, 0.25) is 0 Å². The van der Waals surface area contributed by atoms with Crippen molar-refractivity contribution in [3.8, 4) is 5.75 Å². The molecule has 0 heterocycles. The molecule has 0 saturated carbocycles. The summed E-state index contributed by atoms with van der Waals surface area (Å²) in [4.78, 5) is 41.6. The van der Waals surface area contributed by atoms with E-state index in [0.29, 0.717) is 25.1 Å². The molecular formula is C25H34N6O5. The van der Waals surface area contributed by atoms with Gasteiger partial charge in [0, 0.05) is 19.4 Å². The largest absolute Gasteiger partial charge is 0.497 e. The number of nitrogens with two attached hydrogens (primary N) is 3. The minimum absolute atomic E-state index is 0.0484. The van der Waals surface area contributed by atoms with Gasteiger partial charge in [0.25, 0.3) is 0 Å². The lowest BCUT2D eigenvalue weighted by Gasteiger charge is -2.23. The zero-order valence-corrected chi connectivity index (χ0v) is 20.2. The smallest absolute Gasteiger partial charge is 0.326 e. The molecule has 0 radical (unpaired) electrons. The Morgan fingerprint density at radius 3 is 2.08 bits per heavy atom. The number of rotatable bonds is 14. The van der Waals surface area contributed by atoms with Crippen LogP contribution in [0.3, 0.4) is 0 Å². The lowest BCUT2D eigenvalue weighted by atomic mass is 10.0. The molecule has 2 aromatic rings. The lowest BCUT2D eigenvalue weighted by Crippen LogP contribution is -2.55. The SMILES string of the molecule is COc1ccc(C[C@H](NC(=O)C(N)CCCN=C(N)N)C(=O)N[C@@H](Cc2ccccc2)C(=O)O)cc1. The van der Waals surface area contributed by atoms with Crippen molar-refractivity contribution in [1.29, 1.82) is 0 Å². The van der Waals surface area contributed by atoms with Gasteiger partial charge in [0.05, 0.1) is 13.2 Å². The third-order valence-electron chi connectivity index (χ3n) is 5.43. The number of carboxylic acids is 1. The van der Waals surface area contributed by atoms with E-state index >= 15 is 0 Å². The number of amides is 2. The van der Waals surface area contributed by atoms with E-state index in [-0.39, 0.29) is 18.8 Å². The molecule has 0 aliphatic carbocycles. The highest BCUT2D eigenvalue weighted by Gasteiger charge is 2.28. The maximum atomic E-state index is 13.2. The van der Waals surface area contributed by atoms with Gasteiger partial charge in [-0.1, -0.05) is 42.5 Å². The second-order valence-electron chi connectivity index (χ2n) is 8.26. The van der Waals surface area contributed by atoms with E-state index in [1.807, 2.05) is 6.07 Å². The zero-order chi connectivity index (χ0) is 26.5. The monoisotopic (exact) mass is 498 g/mol. The molecule has 2 amide bonds. The maximum Gasteiger partial charge on any atom is 0.326 e. The van der Waals surface area contributed by atoms with Crippen molar-refractivity contribution >= 4 is 23.7 Å². The van der Waals surface area contributed by atoms with Gasteiger partial charge in [-0.2, -0.15) is 0 Å². The number of ether oxygens (including phenoxy) is 1. The summed E-state index contributed by atoms with van der Waals surface area (Å²) in [6.45, 7) is 0.318. The Hall–Kier alpha value is -4.12. The number of nitrogens with zero attached hydrogens (tertiary/aromatic N) is 1. The average Bonchev–Trinajstić information content (AvgIpc) is 2.86.